The summed E-state index contributed by atoms with van der Waals surface area (Å²) in [6, 6.07) is 8.93. The van der Waals surface area contributed by atoms with Crippen LogP contribution >= 0.6 is 0 Å². The van der Waals surface area contributed by atoms with Crippen molar-refractivity contribution in [2.45, 2.75) is 0 Å². The molecule has 1 aromatic carbocycles. The molecule has 0 fully saturated rings. The lowest BCUT2D eigenvalue weighted by Gasteiger charge is -2.07. The van der Waals surface area contributed by atoms with Crippen molar-refractivity contribution in [3.05, 3.63) is 42.1 Å². The van der Waals surface area contributed by atoms with E-state index in [1.165, 1.54) is 0 Å². The highest BCUT2D eigenvalue weighted by molar-refractivity contribution is 5.81. The van der Waals surface area contributed by atoms with Crippen LogP contribution in [0.3, 0.4) is 0 Å². The standard InChI is InChI=1S/C16H18N2O4/c1-20-14-7-13(8-15(9-14)22-6-5-19)17-10-12-3-4-16(21-2)18-11-12/h3-4,7-11,19H,5-6H2,1-2H3. The zero-order chi connectivity index (χ0) is 15.8. The second kappa shape index (κ2) is 7.99. The van der Waals surface area contributed by atoms with E-state index in [-0.39, 0.29) is 13.2 Å². The first-order chi connectivity index (χ1) is 10.7. The second-order valence-corrected chi connectivity index (χ2v) is 4.33. The monoisotopic (exact) mass is 302 g/mol. The molecule has 116 valence electrons. The van der Waals surface area contributed by atoms with Crippen molar-refractivity contribution in [1.82, 2.24) is 4.98 Å². The molecular formula is C16H18N2O4. The molecule has 0 atom stereocenters. The van der Waals surface area contributed by atoms with Crippen LogP contribution in [-0.4, -0.2) is 43.7 Å². The molecule has 0 saturated carbocycles. The minimum absolute atomic E-state index is 0.0483. The minimum Gasteiger partial charge on any atom is -0.497 e. The number of rotatable bonds is 7. The summed E-state index contributed by atoms with van der Waals surface area (Å²) in [5.74, 6) is 1.78. The molecular weight excluding hydrogens is 284 g/mol. The Labute approximate surface area is 129 Å². The topological polar surface area (TPSA) is 73.2 Å². The number of pyridine rings is 1. The van der Waals surface area contributed by atoms with Gasteiger partial charge in [-0.15, -0.1) is 0 Å². The summed E-state index contributed by atoms with van der Waals surface area (Å²) in [6.07, 6.45) is 3.36. The molecule has 0 aliphatic carbocycles. The third-order valence-electron chi connectivity index (χ3n) is 2.79. The van der Waals surface area contributed by atoms with Crippen LogP contribution in [0.15, 0.2) is 41.5 Å². The first-order valence-corrected chi connectivity index (χ1v) is 6.72. The van der Waals surface area contributed by atoms with Gasteiger partial charge in [-0.2, -0.15) is 0 Å². The Kier molecular flexibility index (Phi) is 5.73. The van der Waals surface area contributed by atoms with Gasteiger partial charge >= 0.3 is 0 Å². The van der Waals surface area contributed by atoms with Crippen molar-refractivity contribution in [2.24, 2.45) is 4.99 Å². The smallest absolute Gasteiger partial charge is 0.212 e. The predicted molar refractivity (Wildman–Crippen MR) is 83.6 cm³/mol. The molecule has 6 nitrogen and oxygen atoms in total. The zero-order valence-electron chi connectivity index (χ0n) is 12.5. The maximum Gasteiger partial charge on any atom is 0.212 e. The van der Waals surface area contributed by atoms with E-state index in [1.807, 2.05) is 6.07 Å². The van der Waals surface area contributed by atoms with Crippen molar-refractivity contribution in [3.8, 4) is 17.4 Å². The molecule has 0 unspecified atom stereocenters. The Bertz CT molecular complexity index is 627. The largest absolute Gasteiger partial charge is 0.497 e. The lowest BCUT2D eigenvalue weighted by molar-refractivity contribution is 0.201. The van der Waals surface area contributed by atoms with Gasteiger partial charge in [0, 0.05) is 42.2 Å². The number of nitrogens with zero attached hydrogens (tertiary/aromatic N) is 2. The number of hydrogen-bond donors (Lipinski definition) is 1. The number of benzene rings is 1. The van der Waals surface area contributed by atoms with Gasteiger partial charge in [-0.3, -0.25) is 4.99 Å². The Morgan fingerprint density at radius 1 is 1.14 bits per heavy atom. The highest BCUT2D eigenvalue weighted by Gasteiger charge is 2.02. The fourth-order valence-electron chi connectivity index (χ4n) is 1.73. The van der Waals surface area contributed by atoms with E-state index in [1.54, 1.807) is 50.9 Å². The lowest BCUT2D eigenvalue weighted by atomic mass is 10.2. The van der Waals surface area contributed by atoms with Crippen molar-refractivity contribution < 1.29 is 19.3 Å². The third kappa shape index (κ3) is 4.46. The molecule has 2 rings (SSSR count). The quantitative estimate of drug-likeness (QED) is 0.794. The first-order valence-electron chi connectivity index (χ1n) is 6.72. The maximum absolute atomic E-state index is 8.82. The second-order valence-electron chi connectivity index (χ2n) is 4.33. The Balaban J connectivity index is 2.17. The third-order valence-corrected chi connectivity index (χ3v) is 2.79. The number of hydrogen-bond acceptors (Lipinski definition) is 6. The fourth-order valence-corrected chi connectivity index (χ4v) is 1.73. The molecule has 0 aliphatic heterocycles. The molecule has 1 aromatic heterocycles. The summed E-state index contributed by atoms with van der Waals surface area (Å²) in [5, 5.41) is 8.82. The number of aliphatic hydroxyl groups is 1. The Morgan fingerprint density at radius 3 is 2.59 bits per heavy atom. The van der Waals surface area contributed by atoms with Crippen LogP contribution < -0.4 is 14.2 Å². The van der Waals surface area contributed by atoms with Crippen LogP contribution in [0, 0.1) is 0 Å². The zero-order valence-corrected chi connectivity index (χ0v) is 12.5. The first kappa shape index (κ1) is 15.8. The van der Waals surface area contributed by atoms with Gasteiger partial charge in [0.15, 0.2) is 0 Å². The van der Waals surface area contributed by atoms with Gasteiger partial charge in [0.25, 0.3) is 0 Å². The number of methoxy groups -OCH3 is 2. The number of aliphatic imine (C=N–C) groups is 1. The summed E-state index contributed by atoms with van der Waals surface area (Å²) in [5.41, 5.74) is 1.53. The van der Waals surface area contributed by atoms with Crippen molar-refractivity contribution in [2.75, 3.05) is 27.4 Å². The normalized spacial score (nSPS) is 10.7. The fraction of sp³-hybridized carbons (Fsp3) is 0.250. The van der Waals surface area contributed by atoms with Crippen LogP contribution in [0.25, 0.3) is 0 Å². The molecule has 0 bridgehead atoms. The predicted octanol–water partition coefficient (Wildman–Crippen LogP) is 2.22. The number of ether oxygens (including phenoxy) is 3. The molecule has 0 radical (unpaired) electrons. The number of aromatic nitrogens is 1. The minimum atomic E-state index is -0.0483. The Morgan fingerprint density at radius 2 is 1.95 bits per heavy atom. The van der Waals surface area contributed by atoms with E-state index < -0.39 is 0 Å². The van der Waals surface area contributed by atoms with E-state index in [9.17, 15) is 0 Å². The van der Waals surface area contributed by atoms with E-state index >= 15 is 0 Å². The summed E-state index contributed by atoms with van der Waals surface area (Å²) in [4.78, 5) is 8.49. The van der Waals surface area contributed by atoms with Crippen LogP contribution in [0.4, 0.5) is 5.69 Å². The van der Waals surface area contributed by atoms with Crippen molar-refractivity contribution >= 4 is 11.9 Å². The summed E-state index contributed by atoms with van der Waals surface area (Å²) < 4.78 is 15.6. The molecule has 1 N–H and O–H groups in total. The average molecular weight is 302 g/mol. The molecule has 22 heavy (non-hydrogen) atoms. The van der Waals surface area contributed by atoms with Crippen molar-refractivity contribution in [3.63, 3.8) is 0 Å². The van der Waals surface area contributed by atoms with Gasteiger partial charge in [0.1, 0.15) is 18.1 Å². The van der Waals surface area contributed by atoms with Crippen LogP contribution in [0.5, 0.6) is 17.4 Å². The van der Waals surface area contributed by atoms with Gasteiger partial charge in [0.05, 0.1) is 26.5 Å². The SMILES string of the molecule is COc1cc(N=Cc2ccc(OC)nc2)cc(OCCO)c1. The molecule has 0 aliphatic rings. The highest BCUT2D eigenvalue weighted by Crippen LogP contribution is 2.27. The highest BCUT2D eigenvalue weighted by atomic mass is 16.5. The summed E-state index contributed by atoms with van der Waals surface area (Å²) in [6.45, 7) is 0.173. The van der Waals surface area contributed by atoms with Crippen LogP contribution in [0.2, 0.25) is 0 Å². The molecule has 0 spiro atoms. The van der Waals surface area contributed by atoms with Crippen LogP contribution in [-0.2, 0) is 0 Å². The van der Waals surface area contributed by atoms with E-state index in [0.29, 0.717) is 23.1 Å². The van der Waals surface area contributed by atoms with E-state index in [4.69, 9.17) is 19.3 Å². The van der Waals surface area contributed by atoms with Gasteiger partial charge < -0.3 is 19.3 Å². The van der Waals surface area contributed by atoms with E-state index in [0.717, 1.165) is 5.56 Å². The average Bonchev–Trinajstić information content (AvgIpc) is 2.58. The maximum atomic E-state index is 8.82. The number of aliphatic hydroxyl groups excluding tert-OH is 1. The van der Waals surface area contributed by atoms with Gasteiger partial charge in [-0.05, 0) is 6.07 Å². The molecule has 2 aromatic rings. The van der Waals surface area contributed by atoms with Gasteiger partial charge in [0.2, 0.25) is 5.88 Å². The lowest BCUT2D eigenvalue weighted by Crippen LogP contribution is -2.01. The van der Waals surface area contributed by atoms with E-state index in [2.05, 4.69) is 9.98 Å². The molecule has 6 heteroatoms. The van der Waals surface area contributed by atoms with Crippen molar-refractivity contribution in [1.29, 1.82) is 0 Å². The molecule has 0 amide bonds. The molecule has 0 saturated heterocycles. The van der Waals surface area contributed by atoms with Gasteiger partial charge in [-0.25, -0.2) is 4.98 Å². The summed E-state index contributed by atoms with van der Waals surface area (Å²) in [7, 11) is 3.15. The summed E-state index contributed by atoms with van der Waals surface area (Å²) >= 11 is 0. The van der Waals surface area contributed by atoms with Crippen LogP contribution in [0.1, 0.15) is 5.56 Å². The van der Waals surface area contributed by atoms with Gasteiger partial charge in [-0.1, -0.05) is 0 Å². The Hall–Kier alpha value is -2.60. The molecule has 1 heterocycles.